The smallest absolute Gasteiger partial charge is 0.0818 e. The van der Waals surface area contributed by atoms with Gasteiger partial charge in [-0.05, 0) is 19.4 Å². The van der Waals surface area contributed by atoms with E-state index in [1.165, 1.54) is 25.0 Å². The van der Waals surface area contributed by atoms with Gasteiger partial charge in [-0.1, -0.05) is 26.7 Å². The zero-order valence-electron chi connectivity index (χ0n) is 10.3. The van der Waals surface area contributed by atoms with E-state index >= 15 is 0 Å². The SMILES string of the molecule is CNC(CCCC(C)C)C1CSCCO1. The number of nitrogens with one attached hydrogen (secondary N) is 1. The predicted molar refractivity (Wildman–Crippen MR) is 68.6 cm³/mol. The number of ether oxygens (including phenoxy) is 1. The van der Waals surface area contributed by atoms with Gasteiger partial charge in [-0.2, -0.15) is 11.8 Å². The van der Waals surface area contributed by atoms with Crippen molar-refractivity contribution in [2.45, 2.75) is 45.3 Å². The molecule has 0 aliphatic carbocycles. The van der Waals surface area contributed by atoms with E-state index in [2.05, 4.69) is 26.2 Å². The lowest BCUT2D eigenvalue weighted by atomic mass is 10.0. The third-order valence-corrected chi connectivity index (χ3v) is 3.98. The third-order valence-electron chi connectivity index (χ3n) is 2.96. The van der Waals surface area contributed by atoms with Crippen LogP contribution in [0.5, 0.6) is 0 Å². The van der Waals surface area contributed by atoms with Gasteiger partial charge in [-0.15, -0.1) is 0 Å². The number of likely N-dealkylation sites (N-methyl/N-ethyl adjacent to an activating group) is 1. The topological polar surface area (TPSA) is 21.3 Å². The van der Waals surface area contributed by atoms with Crippen LogP contribution >= 0.6 is 11.8 Å². The molecule has 1 rings (SSSR count). The molecule has 2 atom stereocenters. The lowest BCUT2D eigenvalue weighted by Crippen LogP contribution is -2.43. The minimum absolute atomic E-state index is 0.431. The van der Waals surface area contributed by atoms with E-state index in [0.717, 1.165) is 18.3 Å². The van der Waals surface area contributed by atoms with Gasteiger partial charge in [0, 0.05) is 17.5 Å². The van der Waals surface area contributed by atoms with Gasteiger partial charge in [0.25, 0.3) is 0 Å². The van der Waals surface area contributed by atoms with Gasteiger partial charge in [0.1, 0.15) is 0 Å². The molecular formula is C12H25NOS. The molecule has 0 saturated carbocycles. The zero-order valence-corrected chi connectivity index (χ0v) is 11.1. The summed E-state index contributed by atoms with van der Waals surface area (Å²) in [5.41, 5.74) is 0. The summed E-state index contributed by atoms with van der Waals surface area (Å²) in [7, 11) is 2.06. The summed E-state index contributed by atoms with van der Waals surface area (Å²) in [6.07, 6.45) is 4.33. The Morgan fingerprint density at radius 1 is 1.40 bits per heavy atom. The summed E-state index contributed by atoms with van der Waals surface area (Å²) in [6.45, 7) is 5.51. The maximum atomic E-state index is 5.81. The Kier molecular flexibility index (Phi) is 6.69. The zero-order chi connectivity index (χ0) is 11.1. The molecule has 2 unspecified atom stereocenters. The van der Waals surface area contributed by atoms with Crippen molar-refractivity contribution in [3.05, 3.63) is 0 Å². The molecule has 15 heavy (non-hydrogen) atoms. The van der Waals surface area contributed by atoms with Crippen LogP contribution in [0.4, 0.5) is 0 Å². The second kappa shape index (κ2) is 7.53. The molecule has 0 radical (unpaired) electrons. The second-order valence-corrected chi connectivity index (χ2v) is 5.85. The first-order valence-electron chi connectivity index (χ1n) is 6.10. The third kappa shape index (κ3) is 5.23. The van der Waals surface area contributed by atoms with E-state index in [1.54, 1.807) is 0 Å². The monoisotopic (exact) mass is 231 g/mol. The van der Waals surface area contributed by atoms with Crippen LogP contribution < -0.4 is 5.32 Å². The minimum Gasteiger partial charge on any atom is -0.375 e. The van der Waals surface area contributed by atoms with Crippen LogP contribution in [0.15, 0.2) is 0 Å². The van der Waals surface area contributed by atoms with E-state index in [9.17, 15) is 0 Å². The molecule has 1 aliphatic rings. The van der Waals surface area contributed by atoms with Gasteiger partial charge in [0.15, 0.2) is 0 Å². The Morgan fingerprint density at radius 3 is 2.73 bits per heavy atom. The van der Waals surface area contributed by atoms with Gasteiger partial charge in [0.05, 0.1) is 12.7 Å². The Morgan fingerprint density at radius 2 is 2.20 bits per heavy atom. The molecule has 0 aromatic heterocycles. The summed E-state index contributed by atoms with van der Waals surface area (Å²) in [5, 5.41) is 3.41. The fourth-order valence-corrected chi connectivity index (χ4v) is 2.94. The fraction of sp³-hybridized carbons (Fsp3) is 1.00. The molecular weight excluding hydrogens is 206 g/mol. The van der Waals surface area contributed by atoms with Crippen molar-refractivity contribution in [2.75, 3.05) is 25.2 Å². The van der Waals surface area contributed by atoms with E-state index < -0.39 is 0 Å². The van der Waals surface area contributed by atoms with Crippen LogP contribution in [0, 0.1) is 5.92 Å². The van der Waals surface area contributed by atoms with E-state index in [-0.39, 0.29) is 0 Å². The molecule has 3 heteroatoms. The molecule has 2 nitrogen and oxygen atoms in total. The van der Waals surface area contributed by atoms with Gasteiger partial charge >= 0.3 is 0 Å². The summed E-state index contributed by atoms with van der Waals surface area (Å²) < 4.78 is 5.81. The molecule has 1 saturated heterocycles. The fourth-order valence-electron chi connectivity index (χ4n) is 2.00. The molecule has 0 aromatic rings. The van der Waals surface area contributed by atoms with Crippen LogP contribution in [-0.4, -0.2) is 37.3 Å². The van der Waals surface area contributed by atoms with Crippen LogP contribution in [-0.2, 0) is 4.74 Å². The first kappa shape index (κ1) is 13.3. The summed E-state index contributed by atoms with van der Waals surface area (Å²) in [6, 6.07) is 0.552. The van der Waals surface area contributed by atoms with Crippen molar-refractivity contribution >= 4 is 11.8 Å². The molecule has 1 fully saturated rings. The van der Waals surface area contributed by atoms with Crippen LogP contribution in [0.1, 0.15) is 33.1 Å². The first-order valence-corrected chi connectivity index (χ1v) is 7.26. The largest absolute Gasteiger partial charge is 0.375 e. The Hall–Kier alpha value is 0.270. The van der Waals surface area contributed by atoms with Crippen LogP contribution in [0.3, 0.4) is 0 Å². The highest BCUT2D eigenvalue weighted by atomic mass is 32.2. The van der Waals surface area contributed by atoms with Crippen molar-refractivity contribution < 1.29 is 4.74 Å². The minimum atomic E-state index is 0.431. The standard InChI is InChI=1S/C12H25NOS/c1-10(2)5-4-6-11(13-3)12-9-15-8-7-14-12/h10-13H,4-9H2,1-3H3. The van der Waals surface area contributed by atoms with Crippen molar-refractivity contribution in [3.63, 3.8) is 0 Å². The van der Waals surface area contributed by atoms with Crippen molar-refractivity contribution in [1.82, 2.24) is 5.32 Å². The highest BCUT2D eigenvalue weighted by molar-refractivity contribution is 7.99. The maximum Gasteiger partial charge on any atom is 0.0818 e. The highest BCUT2D eigenvalue weighted by Crippen LogP contribution is 2.19. The highest BCUT2D eigenvalue weighted by Gasteiger charge is 2.22. The van der Waals surface area contributed by atoms with Crippen LogP contribution in [0.25, 0.3) is 0 Å². The Labute approximate surface area is 98.5 Å². The van der Waals surface area contributed by atoms with Gasteiger partial charge in [-0.25, -0.2) is 0 Å². The maximum absolute atomic E-state index is 5.81. The van der Waals surface area contributed by atoms with E-state index in [0.29, 0.717) is 12.1 Å². The van der Waals surface area contributed by atoms with Crippen LogP contribution in [0.2, 0.25) is 0 Å². The summed E-state index contributed by atoms with van der Waals surface area (Å²) >= 11 is 2.02. The molecule has 0 bridgehead atoms. The number of rotatable bonds is 6. The molecule has 0 aromatic carbocycles. The average Bonchev–Trinajstić information content (AvgIpc) is 2.25. The Bertz CT molecular complexity index is 158. The van der Waals surface area contributed by atoms with Gasteiger partial charge in [-0.3, -0.25) is 0 Å². The lowest BCUT2D eigenvalue weighted by molar-refractivity contribution is 0.0460. The predicted octanol–water partition coefficient (Wildman–Crippen LogP) is 2.53. The normalized spacial score (nSPS) is 24.4. The first-order chi connectivity index (χ1) is 7.24. The van der Waals surface area contributed by atoms with Crippen molar-refractivity contribution in [1.29, 1.82) is 0 Å². The number of hydrogen-bond donors (Lipinski definition) is 1. The van der Waals surface area contributed by atoms with E-state index in [1.807, 2.05) is 11.8 Å². The van der Waals surface area contributed by atoms with Gasteiger partial charge < -0.3 is 10.1 Å². The van der Waals surface area contributed by atoms with E-state index in [4.69, 9.17) is 4.74 Å². The molecule has 0 amide bonds. The summed E-state index contributed by atoms with van der Waals surface area (Å²) in [4.78, 5) is 0. The number of hydrogen-bond acceptors (Lipinski definition) is 3. The quantitative estimate of drug-likeness (QED) is 0.759. The molecule has 90 valence electrons. The lowest BCUT2D eigenvalue weighted by Gasteiger charge is -2.30. The average molecular weight is 231 g/mol. The summed E-state index contributed by atoms with van der Waals surface area (Å²) in [5.74, 6) is 3.15. The van der Waals surface area contributed by atoms with Crippen molar-refractivity contribution in [3.8, 4) is 0 Å². The molecule has 1 aliphatic heterocycles. The molecule has 1 heterocycles. The van der Waals surface area contributed by atoms with Crippen molar-refractivity contribution in [2.24, 2.45) is 5.92 Å². The second-order valence-electron chi connectivity index (χ2n) is 4.70. The molecule has 1 N–H and O–H groups in total. The molecule has 0 spiro atoms. The number of thioether (sulfide) groups is 1. The Balaban J connectivity index is 2.21. The van der Waals surface area contributed by atoms with Gasteiger partial charge in [0.2, 0.25) is 0 Å².